The van der Waals surface area contributed by atoms with E-state index in [4.69, 9.17) is 13.6 Å². The largest absolute Gasteiger partial charge is 0.523 e. The quantitative estimate of drug-likeness (QED) is 0.443. The SMILES string of the molecule is [2H][C@H]1[C@@H](OS(=O)(=O)C(F)(F)F)CN1C(=S)C(C)(C)C. The summed E-state index contributed by atoms with van der Waals surface area (Å²) < 4.78 is 69.5. The molecule has 106 valence electrons. The molecule has 1 aliphatic rings. The second kappa shape index (κ2) is 4.61. The van der Waals surface area contributed by atoms with Gasteiger partial charge in [0.25, 0.3) is 0 Å². The Bertz CT molecular complexity index is 472. The zero-order valence-electron chi connectivity index (χ0n) is 11.0. The number of nitrogens with zero attached hydrogens (tertiary/aromatic N) is 1. The molecule has 0 aliphatic carbocycles. The summed E-state index contributed by atoms with van der Waals surface area (Å²) in [7, 11) is -5.67. The molecule has 4 nitrogen and oxygen atoms in total. The van der Waals surface area contributed by atoms with Crippen LogP contribution in [0.15, 0.2) is 0 Å². The van der Waals surface area contributed by atoms with Gasteiger partial charge in [-0.1, -0.05) is 33.0 Å². The third-order valence-corrected chi connectivity index (χ3v) is 4.07. The second-order valence-electron chi connectivity index (χ2n) is 4.89. The Hall–Kier alpha value is -0.410. The molecule has 0 unspecified atom stereocenters. The highest BCUT2D eigenvalue weighted by molar-refractivity contribution is 7.87. The summed E-state index contributed by atoms with van der Waals surface area (Å²) in [6.07, 6.45) is -1.35. The van der Waals surface area contributed by atoms with Gasteiger partial charge in [-0.05, 0) is 0 Å². The van der Waals surface area contributed by atoms with Crippen molar-refractivity contribution >= 4 is 27.3 Å². The van der Waals surface area contributed by atoms with Crippen molar-refractivity contribution in [2.24, 2.45) is 5.41 Å². The average Bonchev–Trinajstić information content (AvgIpc) is 2.19. The van der Waals surface area contributed by atoms with Gasteiger partial charge in [0.1, 0.15) is 6.10 Å². The van der Waals surface area contributed by atoms with Gasteiger partial charge in [-0.3, -0.25) is 4.18 Å². The van der Waals surface area contributed by atoms with E-state index in [0.29, 0.717) is 4.99 Å². The van der Waals surface area contributed by atoms with Crippen LogP contribution in [-0.4, -0.2) is 43.0 Å². The first-order valence-corrected chi connectivity index (χ1v) is 6.82. The number of likely N-dealkylation sites (tertiary alicyclic amines) is 1. The van der Waals surface area contributed by atoms with E-state index in [2.05, 4.69) is 4.18 Å². The van der Waals surface area contributed by atoms with Crippen molar-refractivity contribution in [2.45, 2.75) is 32.4 Å². The Morgan fingerprint density at radius 1 is 1.44 bits per heavy atom. The molecular weight excluding hydrogens is 291 g/mol. The van der Waals surface area contributed by atoms with Gasteiger partial charge in [0.05, 0.1) is 6.36 Å². The molecular formula is C9H14F3NO3S2. The maximum Gasteiger partial charge on any atom is 0.523 e. The Labute approximate surface area is 111 Å². The predicted molar refractivity (Wildman–Crippen MR) is 63.5 cm³/mol. The fraction of sp³-hybridized carbons (Fsp3) is 0.889. The molecule has 0 aromatic carbocycles. The molecule has 0 N–H and O–H groups in total. The van der Waals surface area contributed by atoms with Gasteiger partial charge in [0.15, 0.2) is 0 Å². The molecule has 1 heterocycles. The molecule has 0 radical (unpaired) electrons. The van der Waals surface area contributed by atoms with Crippen LogP contribution in [0, 0.1) is 5.41 Å². The number of rotatable bonds is 2. The van der Waals surface area contributed by atoms with Crippen LogP contribution in [0.25, 0.3) is 0 Å². The Balaban J connectivity index is 2.69. The van der Waals surface area contributed by atoms with Crippen molar-refractivity contribution < 1.29 is 27.1 Å². The topological polar surface area (TPSA) is 46.6 Å². The van der Waals surface area contributed by atoms with Crippen molar-refractivity contribution in [3.8, 4) is 0 Å². The molecule has 18 heavy (non-hydrogen) atoms. The lowest BCUT2D eigenvalue weighted by Crippen LogP contribution is -2.57. The molecule has 0 aromatic rings. The lowest BCUT2D eigenvalue weighted by molar-refractivity contribution is -0.0626. The Morgan fingerprint density at radius 2 is 1.94 bits per heavy atom. The minimum atomic E-state index is -5.67. The summed E-state index contributed by atoms with van der Waals surface area (Å²) in [5.41, 5.74) is -5.90. The van der Waals surface area contributed by atoms with E-state index in [1.54, 1.807) is 20.8 Å². The number of halogens is 3. The lowest BCUT2D eigenvalue weighted by atomic mass is 9.94. The smallest absolute Gasteiger partial charge is 0.360 e. The van der Waals surface area contributed by atoms with Gasteiger partial charge in [0.2, 0.25) is 0 Å². The van der Waals surface area contributed by atoms with Crippen LogP contribution in [0.5, 0.6) is 0 Å². The van der Waals surface area contributed by atoms with Crippen molar-refractivity contribution in [3.63, 3.8) is 0 Å². The minimum Gasteiger partial charge on any atom is -0.360 e. The van der Waals surface area contributed by atoms with E-state index in [0.717, 1.165) is 0 Å². The summed E-state index contributed by atoms with van der Waals surface area (Å²) in [5, 5.41) is 0. The van der Waals surface area contributed by atoms with E-state index >= 15 is 0 Å². The van der Waals surface area contributed by atoms with Crippen LogP contribution in [0.3, 0.4) is 0 Å². The summed E-state index contributed by atoms with van der Waals surface area (Å²) in [5.74, 6) is 0. The van der Waals surface area contributed by atoms with E-state index in [-0.39, 0.29) is 6.54 Å². The zero-order chi connectivity index (χ0) is 15.2. The standard InChI is InChI=1S/C9H14F3NO3S2/c1-8(2,3)7(17)13-4-6(5-13)16-18(14,15)9(10,11)12/h6H,4-5H2,1-3H3/i4D/t4-,6+/m0/s1. The molecule has 0 bridgehead atoms. The first-order chi connectivity index (χ1) is 8.27. The summed E-state index contributed by atoms with van der Waals surface area (Å²) in [6, 6.07) is 0. The van der Waals surface area contributed by atoms with Gasteiger partial charge in [-0.15, -0.1) is 0 Å². The molecule has 1 fully saturated rings. The summed E-state index contributed by atoms with van der Waals surface area (Å²) >= 11 is 5.09. The van der Waals surface area contributed by atoms with Gasteiger partial charge in [-0.2, -0.15) is 21.6 Å². The Kier molecular flexibility index (Phi) is 3.58. The lowest BCUT2D eigenvalue weighted by Gasteiger charge is -2.43. The summed E-state index contributed by atoms with van der Waals surface area (Å²) in [4.78, 5) is 1.73. The van der Waals surface area contributed by atoms with Crippen molar-refractivity contribution in [3.05, 3.63) is 0 Å². The molecule has 9 heteroatoms. The van der Waals surface area contributed by atoms with E-state index < -0.39 is 33.7 Å². The van der Waals surface area contributed by atoms with Gasteiger partial charge < -0.3 is 4.90 Å². The third kappa shape index (κ3) is 3.33. The highest BCUT2D eigenvalue weighted by Crippen LogP contribution is 2.29. The fourth-order valence-electron chi connectivity index (χ4n) is 1.22. The van der Waals surface area contributed by atoms with E-state index in [1.807, 2.05) is 0 Å². The van der Waals surface area contributed by atoms with E-state index in [9.17, 15) is 21.6 Å². The third-order valence-electron chi connectivity index (χ3n) is 2.16. The van der Waals surface area contributed by atoms with Crippen molar-refractivity contribution in [1.29, 1.82) is 0 Å². The predicted octanol–water partition coefficient (Wildman–Crippen LogP) is 1.91. The van der Waals surface area contributed by atoms with Crippen molar-refractivity contribution in [2.75, 3.05) is 13.1 Å². The molecule has 0 amide bonds. The Morgan fingerprint density at radius 3 is 2.28 bits per heavy atom. The maximum atomic E-state index is 12.1. The van der Waals surface area contributed by atoms with Crippen molar-refractivity contribution in [1.82, 2.24) is 4.90 Å². The van der Waals surface area contributed by atoms with Crippen LogP contribution < -0.4 is 0 Å². The molecule has 0 saturated carbocycles. The minimum absolute atomic E-state index is 0.139. The first-order valence-electron chi connectivity index (χ1n) is 5.58. The number of alkyl halides is 3. The number of hydrogen-bond acceptors (Lipinski definition) is 4. The molecule has 2 atom stereocenters. The number of hydrogen-bond donors (Lipinski definition) is 0. The highest BCUT2D eigenvalue weighted by Gasteiger charge is 2.50. The van der Waals surface area contributed by atoms with Crippen LogP contribution in [-0.2, 0) is 14.3 Å². The molecule has 1 rings (SSSR count). The molecule has 1 aliphatic heterocycles. The van der Waals surface area contributed by atoms with Gasteiger partial charge >= 0.3 is 15.6 Å². The highest BCUT2D eigenvalue weighted by atomic mass is 32.2. The molecule has 1 saturated heterocycles. The fourth-order valence-corrected chi connectivity index (χ4v) is 1.90. The first kappa shape index (κ1) is 14.0. The van der Waals surface area contributed by atoms with Gasteiger partial charge in [-0.25, -0.2) is 0 Å². The van der Waals surface area contributed by atoms with Crippen LogP contribution in [0.4, 0.5) is 13.2 Å². The second-order valence-corrected chi connectivity index (χ2v) is 6.84. The summed E-state index contributed by atoms with van der Waals surface area (Å²) in [6.45, 7) is 4.00. The maximum absolute atomic E-state index is 12.1. The average molecular weight is 306 g/mol. The molecule has 0 aromatic heterocycles. The van der Waals surface area contributed by atoms with Crippen LogP contribution in [0.2, 0.25) is 0 Å². The van der Waals surface area contributed by atoms with Crippen LogP contribution >= 0.6 is 12.2 Å². The van der Waals surface area contributed by atoms with Crippen LogP contribution in [0.1, 0.15) is 22.1 Å². The molecule has 0 spiro atoms. The monoisotopic (exact) mass is 306 g/mol. The zero-order valence-corrected chi connectivity index (χ0v) is 11.6. The normalized spacial score (nSPS) is 26.6. The van der Waals surface area contributed by atoms with E-state index in [1.165, 1.54) is 4.90 Å². The number of thiocarbonyl (C=S) groups is 1. The van der Waals surface area contributed by atoms with Gasteiger partial charge in [0, 0.05) is 18.5 Å².